The molecule has 0 aromatic heterocycles. The first-order chi connectivity index (χ1) is 8.45. The highest BCUT2D eigenvalue weighted by atomic mass is 31.2. The second-order valence-corrected chi connectivity index (χ2v) is 5.45. The minimum Gasteiger partial charge on any atom is -0.371 e. The van der Waals surface area contributed by atoms with E-state index in [4.69, 9.17) is 18.8 Å². The Morgan fingerprint density at radius 3 is 2.28 bits per heavy atom. The van der Waals surface area contributed by atoms with Gasteiger partial charge in [-0.25, -0.2) is 4.57 Å². The highest BCUT2D eigenvalue weighted by molar-refractivity contribution is 7.46. The molecule has 108 valence electrons. The van der Waals surface area contributed by atoms with Crippen LogP contribution in [0.5, 0.6) is 0 Å². The van der Waals surface area contributed by atoms with Crippen molar-refractivity contribution in [2.75, 3.05) is 13.2 Å². The lowest BCUT2D eigenvalue weighted by atomic mass is 10.2. The average molecular weight is 302 g/mol. The summed E-state index contributed by atoms with van der Waals surface area (Å²) in [5.41, 5.74) is 0. The summed E-state index contributed by atoms with van der Waals surface area (Å²) in [5.74, 6) is -0.836. The Kier molecular flexibility index (Phi) is 10.8. The number of hydrogen-bond acceptors (Lipinski definition) is 5. The van der Waals surface area contributed by atoms with Crippen molar-refractivity contribution in [2.24, 2.45) is 0 Å². The minimum atomic E-state index is -4.62. The van der Waals surface area contributed by atoms with Crippen LogP contribution < -0.4 is 0 Å². The summed E-state index contributed by atoms with van der Waals surface area (Å²) in [4.78, 5) is 27.0. The number of unbranched alkanes of at least 4 members (excludes halogenated alkanes) is 2. The molecule has 1 aliphatic rings. The highest BCUT2D eigenvalue weighted by Gasteiger charge is 2.19. The Balaban J connectivity index is 0.000000397. The van der Waals surface area contributed by atoms with Gasteiger partial charge in [-0.05, 0) is 12.8 Å². The molecule has 7 nitrogen and oxygen atoms in total. The van der Waals surface area contributed by atoms with E-state index in [0.717, 1.165) is 32.5 Å². The van der Waals surface area contributed by atoms with Crippen LogP contribution in [0.15, 0.2) is 0 Å². The minimum absolute atomic E-state index is 0.0684. The molecule has 1 aliphatic heterocycles. The smallest absolute Gasteiger partial charge is 0.371 e. The van der Waals surface area contributed by atoms with E-state index in [1.54, 1.807) is 0 Å². The molecule has 0 aromatic rings. The monoisotopic (exact) mass is 302 g/mol. The fourth-order valence-electron chi connectivity index (χ4n) is 1.03. The molecule has 0 amide bonds. The highest BCUT2D eigenvalue weighted by Crippen LogP contribution is 2.36. The number of hydrogen-bond donors (Lipinski definition) is 2. The lowest BCUT2D eigenvalue weighted by Gasteiger charge is -2.08. The van der Waals surface area contributed by atoms with Gasteiger partial charge in [0.05, 0.1) is 13.2 Å². The third-order valence-corrected chi connectivity index (χ3v) is 2.90. The van der Waals surface area contributed by atoms with Crippen LogP contribution in [0.2, 0.25) is 0 Å². The molecule has 2 N–H and O–H groups in total. The fraction of sp³-hybridized carbons (Fsp3) is 0.889. The Morgan fingerprint density at radius 2 is 1.94 bits per heavy atom. The predicted octanol–water partition coefficient (Wildman–Crippen LogP) is 2.13. The van der Waals surface area contributed by atoms with Gasteiger partial charge in [0.15, 0.2) is 9.03 Å². The van der Waals surface area contributed by atoms with E-state index in [-0.39, 0.29) is 6.42 Å². The second kappa shape index (κ2) is 10.9. The molecule has 0 aliphatic carbocycles. The third kappa shape index (κ3) is 14.0. The summed E-state index contributed by atoms with van der Waals surface area (Å²) in [5, 5.41) is 0. The van der Waals surface area contributed by atoms with Gasteiger partial charge in [-0.3, -0.25) is 14.6 Å². The van der Waals surface area contributed by atoms with Crippen LogP contribution in [-0.2, 0) is 22.9 Å². The summed E-state index contributed by atoms with van der Waals surface area (Å²) in [6, 6.07) is 0. The fourth-order valence-corrected chi connectivity index (χ4v) is 1.92. The van der Waals surface area contributed by atoms with Crippen LogP contribution in [0.25, 0.3) is 0 Å². The van der Waals surface area contributed by atoms with Crippen molar-refractivity contribution in [1.82, 2.24) is 0 Å². The Bertz CT molecular complexity index is 250. The molecule has 18 heavy (non-hydrogen) atoms. The Labute approximate surface area is 108 Å². The quantitative estimate of drug-likeness (QED) is 0.592. The van der Waals surface area contributed by atoms with Gasteiger partial charge in [0.25, 0.3) is 0 Å². The maximum absolute atomic E-state index is 10.6. The van der Waals surface area contributed by atoms with Crippen LogP contribution >= 0.6 is 16.9 Å². The van der Waals surface area contributed by atoms with E-state index >= 15 is 0 Å². The lowest BCUT2D eigenvalue weighted by Crippen LogP contribution is -2.01. The van der Waals surface area contributed by atoms with Crippen LogP contribution in [0, 0.1) is 0 Å². The molecule has 1 saturated heterocycles. The molecular weight excluding hydrogens is 282 g/mol. The number of carbonyl (C=O) groups is 1. The van der Waals surface area contributed by atoms with Gasteiger partial charge in [-0.1, -0.05) is 19.8 Å². The van der Waals surface area contributed by atoms with E-state index in [1.807, 2.05) is 6.92 Å². The van der Waals surface area contributed by atoms with Gasteiger partial charge in [-0.15, -0.1) is 0 Å². The van der Waals surface area contributed by atoms with Crippen molar-refractivity contribution < 1.29 is 32.7 Å². The molecule has 1 heterocycles. The zero-order chi connectivity index (χ0) is 13.9. The molecule has 1 rings (SSSR count). The van der Waals surface area contributed by atoms with Crippen LogP contribution in [0.1, 0.15) is 39.0 Å². The van der Waals surface area contributed by atoms with E-state index < -0.39 is 13.8 Å². The van der Waals surface area contributed by atoms with Crippen molar-refractivity contribution in [3.63, 3.8) is 0 Å². The van der Waals surface area contributed by atoms with E-state index in [9.17, 15) is 9.36 Å². The lowest BCUT2D eigenvalue weighted by molar-refractivity contribution is -0.135. The first kappa shape index (κ1) is 18.0. The van der Waals surface area contributed by atoms with Crippen molar-refractivity contribution in [1.29, 1.82) is 0 Å². The molecule has 1 fully saturated rings. The largest absolute Gasteiger partial charge is 0.526 e. The Hall–Kier alpha value is -0.0300. The van der Waals surface area contributed by atoms with Gasteiger partial charge in [0.1, 0.15) is 0 Å². The van der Waals surface area contributed by atoms with Gasteiger partial charge in [0.2, 0.25) is 0 Å². The zero-order valence-electron chi connectivity index (χ0n) is 10.3. The van der Waals surface area contributed by atoms with Crippen LogP contribution in [0.4, 0.5) is 0 Å². The SMILES string of the molecule is C1COPOC1.CCCCCC(=O)OP(=O)(O)O. The number of phosphoric acid groups is 1. The van der Waals surface area contributed by atoms with E-state index in [1.165, 1.54) is 0 Å². The van der Waals surface area contributed by atoms with E-state index in [0.29, 0.717) is 15.5 Å². The van der Waals surface area contributed by atoms with Gasteiger partial charge in [-0.2, -0.15) is 0 Å². The molecule has 0 atom stereocenters. The van der Waals surface area contributed by atoms with Crippen molar-refractivity contribution in [3.05, 3.63) is 0 Å². The van der Waals surface area contributed by atoms with Gasteiger partial charge < -0.3 is 13.6 Å². The first-order valence-electron chi connectivity index (χ1n) is 5.72. The zero-order valence-corrected chi connectivity index (χ0v) is 12.2. The maximum atomic E-state index is 10.6. The van der Waals surface area contributed by atoms with Gasteiger partial charge >= 0.3 is 13.8 Å². The molecule has 0 saturated carbocycles. The third-order valence-electron chi connectivity index (χ3n) is 1.82. The average Bonchev–Trinajstić information content (AvgIpc) is 2.30. The van der Waals surface area contributed by atoms with E-state index in [2.05, 4.69) is 4.52 Å². The topological polar surface area (TPSA) is 102 Å². The number of carbonyl (C=O) groups excluding carboxylic acids is 1. The summed E-state index contributed by atoms with van der Waals surface area (Å²) < 4.78 is 23.7. The summed E-state index contributed by atoms with van der Waals surface area (Å²) >= 11 is 0. The number of rotatable bonds is 5. The van der Waals surface area contributed by atoms with Crippen LogP contribution in [-0.4, -0.2) is 29.0 Å². The van der Waals surface area contributed by atoms with Gasteiger partial charge in [0, 0.05) is 6.42 Å². The molecule has 0 unspecified atom stereocenters. The summed E-state index contributed by atoms with van der Waals surface area (Å²) in [7, 11) is -4.32. The van der Waals surface area contributed by atoms with Crippen molar-refractivity contribution >= 4 is 22.8 Å². The molecule has 0 radical (unpaired) electrons. The van der Waals surface area contributed by atoms with Crippen LogP contribution in [0.3, 0.4) is 0 Å². The summed E-state index contributed by atoms with van der Waals surface area (Å²) in [6.45, 7) is 3.74. The maximum Gasteiger partial charge on any atom is 0.526 e. The van der Waals surface area contributed by atoms with Crippen molar-refractivity contribution in [2.45, 2.75) is 39.0 Å². The Morgan fingerprint density at radius 1 is 1.33 bits per heavy atom. The second-order valence-electron chi connectivity index (χ2n) is 3.54. The summed E-state index contributed by atoms with van der Waals surface area (Å²) in [6.07, 6.45) is 3.54. The molecule has 9 heteroatoms. The first-order valence-corrected chi connectivity index (χ1v) is 8.07. The molecule has 0 bridgehead atoms. The standard InChI is InChI=1S/C6H13O5P.C3H7O2P/c1-2-3-4-5-6(7)11-12(8,9)10;1-2-4-6-5-3-1/h2-5H2,1H3,(H2,8,9,10);6H,1-3H2. The normalized spacial score (nSPS) is 15.5. The molecule has 0 aromatic carbocycles. The number of phosphoric ester groups is 1. The van der Waals surface area contributed by atoms with Crippen molar-refractivity contribution in [3.8, 4) is 0 Å². The molecule has 0 spiro atoms. The molecular formula is C9H20O7P2. The predicted molar refractivity (Wildman–Crippen MR) is 67.1 cm³/mol.